The zero-order valence-corrected chi connectivity index (χ0v) is 18.3. The fraction of sp³-hybridized carbons (Fsp3) is 0.261. The lowest BCUT2D eigenvalue weighted by Gasteiger charge is -2.19. The first kappa shape index (κ1) is 22.6. The van der Waals surface area contributed by atoms with Gasteiger partial charge in [0.05, 0.1) is 11.4 Å². The minimum absolute atomic E-state index is 0.119. The average Bonchev–Trinajstić information content (AvgIpc) is 2.82. The Morgan fingerprint density at radius 2 is 1.87 bits per heavy atom. The Kier molecular flexibility index (Phi) is 8.26. The molecule has 0 aliphatic heterocycles. The van der Waals surface area contributed by atoms with Gasteiger partial charge in [-0.15, -0.1) is 0 Å². The minimum Gasteiger partial charge on any atom is -0.463 e. The Morgan fingerprint density at radius 1 is 1.13 bits per heavy atom. The van der Waals surface area contributed by atoms with Gasteiger partial charge in [0, 0.05) is 42.8 Å². The summed E-state index contributed by atoms with van der Waals surface area (Å²) in [6.07, 6.45) is 2.64. The molecule has 1 amide bonds. The van der Waals surface area contributed by atoms with E-state index in [4.69, 9.17) is 10.5 Å². The molecule has 1 aromatic carbocycles. The van der Waals surface area contributed by atoms with E-state index >= 15 is 0 Å². The van der Waals surface area contributed by atoms with Crippen molar-refractivity contribution in [2.24, 2.45) is 5.73 Å². The second kappa shape index (κ2) is 11.3. The number of nitrogens with zero attached hydrogens (tertiary/aromatic N) is 2. The number of nitrogens with one attached hydrogen (secondary N) is 2. The van der Waals surface area contributed by atoms with Gasteiger partial charge in [-0.1, -0.05) is 30.3 Å². The van der Waals surface area contributed by atoms with Gasteiger partial charge in [-0.2, -0.15) is 12.6 Å². The van der Waals surface area contributed by atoms with E-state index in [1.807, 2.05) is 54.6 Å². The number of hydrogen-bond donors (Lipinski definition) is 4. The van der Waals surface area contributed by atoms with Gasteiger partial charge in [0.15, 0.2) is 6.10 Å². The predicted octanol–water partition coefficient (Wildman–Crippen LogP) is 2.90. The Bertz CT molecular complexity index is 972. The Balaban J connectivity index is 1.74. The number of thiol groups is 1. The Hall–Kier alpha value is -3.10. The molecular formula is C23H27N5O2S. The van der Waals surface area contributed by atoms with Crippen molar-refractivity contribution in [1.82, 2.24) is 15.3 Å². The lowest BCUT2D eigenvalue weighted by molar-refractivity contribution is -0.127. The summed E-state index contributed by atoms with van der Waals surface area (Å²) >= 11 is 4.22. The molecule has 162 valence electrons. The molecule has 0 spiro atoms. The van der Waals surface area contributed by atoms with Crippen LogP contribution in [-0.2, 0) is 11.3 Å². The molecule has 3 rings (SSSR count). The van der Waals surface area contributed by atoms with Gasteiger partial charge in [-0.25, -0.2) is 4.98 Å². The second-order valence-electron chi connectivity index (χ2n) is 7.07. The van der Waals surface area contributed by atoms with Crippen LogP contribution in [-0.4, -0.2) is 40.3 Å². The van der Waals surface area contributed by atoms with Crippen LogP contribution in [0.15, 0.2) is 67.0 Å². The van der Waals surface area contributed by atoms with Crippen molar-refractivity contribution in [3.05, 3.63) is 72.6 Å². The van der Waals surface area contributed by atoms with Crippen LogP contribution in [0.3, 0.4) is 0 Å². The molecule has 0 fully saturated rings. The number of aromatic nitrogens is 2. The zero-order chi connectivity index (χ0) is 22.1. The van der Waals surface area contributed by atoms with Gasteiger partial charge in [-0.05, 0) is 36.8 Å². The standard InChI is InChI=1S/C23H27N5O2S/c1-16(22(29)27-13-17-9-11-25-12-10-17)30-23-21(26-14-19(24)15-31)8-7-20(28-23)18-5-3-2-4-6-18/h2-12,16,19,26,31H,13-15,24H2,1H3,(H,27,29). The highest BCUT2D eigenvalue weighted by molar-refractivity contribution is 7.80. The largest absolute Gasteiger partial charge is 0.463 e. The van der Waals surface area contributed by atoms with E-state index in [9.17, 15) is 4.79 Å². The quantitative estimate of drug-likeness (QED) is 0.364. The second-order valence-corrected chi connectivity index (χ2v) is 7.44. The molecule has 0 bridgehead atoms. The van der Waals surface area contributed by atoms with Crippen LogP contribution in [0.25, 0.3) is 11.3 Å². The summed E-state index contributed by atoms with van der Waals surface area (Å²) in [4.78, 5) is 21.2. The smallest absolute Gasteiger partial charge is 0.261 e. The lowest BCUT2D eigenvalue weighted by Crippen LogP contribution is -2.36. The fourth-order valence-electron chi connectivity index (χ4n) is 2.79. The Morgan fingerprint density at radius 3 is 2.58 bits per heavy atom. The van der Waals surface area contributed by atoms with E-state index in [1.165, 1.54) is 0 Å². The summed E-state index contributed by atoms with van der Waals surface area (Å²) in [5.41, 5.74) is 9.31. The van der Waals surface area contributed by atoms with Crippen molar-refractivity contribution in [2.75, 3.05) is 17.6 Å². The highest BCUT2D eigenvalue weighted by Crippen LogP contribution is 2.28. The van der Waals surface area contributed by atoms with E-state index in [-0.39, 0.29) is 11.9 Å². The van der Waals surface area contributed by atoms with Gasteiger partial charge in [0.25, 0.3) is 5.91 Å². The van der Waals surface area contributed by atoms with Gasteiger partial charge >= 0.3 is 0 Å². The van der Waals surface area contributed by atoms with Crippen LogP contribution < -0.4 is 21.1 Å². The lowest BCUT2D eigenvalue weighted by atomic mass is 10.1. The van der Waals surface area contributed by atoms with Gasteiger partial charge in [0.2, 0.25) is 5.88 Å². The van der Waals surface area contributed by atoms with Crippen LogP contribution in [0.2, 0.25) is 0 Å². The van der Waals surface area contributed by atoms with Crippen LogP contribution >= 0.6 is 12.6 Å². The topological polar surface area (TPSA) is 102 Å². The number of anilines is 1. The number of carbonyl (C=O) groups excluding carboxylic acids is 1. The third kappa shape index (κ3) is 6.70. The molecular weight excluding hydrogens is 410 g/mol. The summed E-state index contributed by atoms with van der Waals surface area (Å²) in [6.45, 7) is 2.60. The normalized spacial score (nSPS) is 12.6. The number of carbonyl (C=O) groups is 1. The maximum Gasteiger partial charge on any atom is 0.261 e. The van der Waals surface area contributed by atoms with Gasteiger partial charge < -0.3 is 21.1 Å². The minimum atomic E-state index is -0.737. The molecule has 8 heteroatoms. The van der Waals surface area contributed by atoms with Crippen LogP contribution in [0.4, 0.5) is 5.69 Å². The van der Waals surface area contributed by atoms with Crippen LogP contribution in [0, 0.1) is 0 Å². The van der Waals surface area contributed by atoms with E-state index < -0.39 is 6.10 Å². The number of hydrogen-bond acceptors (Lipinski definition) is 7. The molecule has 0 aliphatic carbocycles. The molecule has 0 saturated heterocycles. The zero-order valence-electron chi connectivity index (χ0n) is 17.4. The number of rotatable bonds is 10. The summed E-state index contributed by atoms with van der Waals surface area (Å²) < 4.78 is 5.97. The monoisotopic (exact) mass is 437 g/mol. The Labute approximate surface area is 187 Å². The summed E-state index contributed by atoms with van der Waals surface area (Å²) in [5.74, 6) is 0.660. The molecule has 0 saturated carbocycles. The third-order valence-electron chi connectivity index (χ3n) is 4.59. The third-order valence-corrected chi connectivity index (χ3v) is 5.06. The number of nitrogens with two attached hydrogens (primary N) is 1. The highest BCUT2D eigenvalue weighted by atomic mass is 32.1. The molecule has 2 heterocycles. The molecule has 0 radical (unpaired) electrons. The predicted molar refractivity (Wildman–Crippen MR) is 126 cm³/mol. The van der Waals surface area contributed by atoms with Crippen molar-refractivity contribution in [1.29, 1.82) is 0 Å². The first-order valence-electron chi connectivity index (χ1n) is 10.1. The molecule has 4 N–H and O–H groups in total. The van der Waals surface area contributed by atoms with Crippen molar-refractivity contribution in [3.8, 4) is 17.1 Å². The molecule has 31 heavy (non-hydrogen) atoms. The maximum atomic E-state index is 12.6. The van der Waals surface area contributed by atoms with Crippen LogP contribution in [0.5, 0.6) is 5.88 Å². The number of pyridine rings is 2. The van der Waals surface area contributed by atoms with Crippen molar-refractivity contribution in [2.45, 2.75) is 25.6 Å². The molecule has 2 aromatic heterocycles. The molecule has 7 nitrogen and oxygen atoms in total. The first-order chi connectivity index (χ1) is 15.1. The number of amides is 1. The van der Waals surface area contributed by atoms with Crippen LogP contribution in [0.1, 0.15) is 12.5 Å². The number of benzene rings is 1. The molecule has 2 unspecified atom stereocenters. The molecule has 0 aliphatic rings. The average molecular weight is 438 g/mol. The SMILES string of the molecule is CC(Oc1nc(-c2ccccc2)ccc1NCC(N)CS)C(=O)NCc1ccncc1. The summed E-state index contributed by atoms with van der Waals surface area (Å²) in [7, 11) is 0. The molecule has 2 atom stereocenters. The maximum absolute atomic E-state index is 12.6. The molecule has 3 aromatic rings. The van der Waals surface area contributed by atoms with Gasteiger partial charge in [0.1, 0.15) is 0 Å². The summed E-state index contributed by atoms with van der Waals surface area (Å²) in [6, 6.07) is 17.2. The van der Waals surface area contributed by atoms with E-state index in [0.29, 0.717) is 30.4 Å². The van der Waals surface area contributed by atoms with E-state index in [1.54, 1.807) is 19.3 Å². The van der Waals surface area contributed by atoms with E-state index in [2.05, 4.69) is 33.2 Å². The fourth-order valence-corrected chi connectivity index (χ4v) is 2.92. The van der Waals surface area contributed by atoms with Crippen molar-refractivity contribution >= 4 is 24.2 Å². The summed E-state index contributed by atoms with van der Waals surface area (Å²) in [5, 5.41) is 6.12. The van der Waals surface area contributed by atoms with E-state index in [0.717, 1.165) is 16.8 Å². The first-order valence-corrected chi connectivity index (χ1v) is 10.7. The van der Waals surface area contributed by atoms with Crippen molar-refractivity contribution in [3.63, 3.8) is 0 Å². The van der Waals surface area contributed by atoms with Gasteiger partial charge in [-0.3, -0.25) is 9.78 Å². The number of ether oxygens (including phenoxy) is 1. The highest BCUT2D eigenvalue weighted by Gasteiger charge is 2.18. The van der Waals surface area contributed by atoms with Crippen molar-refractivity contribution < 1.29 is 9.53 Å².